The largest absolute Gasteiger partial charge is 0.490 e. The molecule has 5 nitrogen and oxygen atoms in total. The molecule has 0 saturated carbocycles. The van der Waals surface area contributed by atoms with Crippen molar-refractivity contribution in [1.29, 1.82) is 0 Å². The number of hydrogen-bond donors (Lipinski definition) is 1. The van der Waals surface area contributed by atoms with Crippen LogP contribution in [0.5, 0.6) is 11.5 Å². The molecule has 0 spiro atoms. The first-order valence-electron chi connectivity index (χ1n) is 9.31. The number of benzene rings is 2. The summed E-state index contributed by atoms with van der Waals surface area (Å²) in [5, 5.41) is 9.02. The van der Waals surface area contributed by atoms with Gasteiger partial charge in [-0.15, -0.1) is 0 Å². The fourth-order valence-electron chi connectivity index (χ4n) is 2.66. The molecule has 0 amide bonds. The van der Waals surface area contributed by atoms with Crippen molar-refractivity contribution in [3.63, 3.8) is 0 Å². The van der Waals surface area contributed by atoms with Gasteiger partial charge in [0.1, 0.15) is 24.7 Å². The highest BCUT2D eigenvalue weighted by atomic mass is 16.5. The lowest BCUT2D eigenvalue weighted by Gasteiger charge is -2.11. The Balaban J connectivity index is 1.71. The first-order valence-corrected chi connectivity index (χ1v) is 9.31. The van der Waals surface area contributed by atoms with E-state index in [9.17, 15) is 4.79 Å². The number of aryl methyl sites for hydroxylation is 1. The number of carboxylic acids is 1. The predicted molar refractivity (Wildman–Crippen MR) is 105 cm³/mol. The molecule has 0 saturated heterocycles. The van der Waals surface area contributed by atoms with Crippen molar-refractivity contribution >= 4 is 5.97 Å². The Morgan fingerprint density at radius 3 is 1.89 bits per heavy atom. The summed E-state index contributed by atoms with van der Waals surface area (Å²) in [6.45, 7) is 3.09. The smallest absolute Gasteiger partial charge is 0.333 e. The third-order valence-corrected chi connectivity index (χ3v) is 4.27. The molecule has 0 heterocycles. The van der Waals surface area contributed by atoms with Crippen molar-refractivity contribution in [2.45, 2.75) is 38.7 Å². The quantitative estimate of drug-likeness (QED) is 0.568. The average molecular weight is 372 g/mol. The van der Waals surface area contributed by atoms with Gasteiger partial charge in [0.05, 0.1) is 0 Å². The monoisotopic (exact) mass is 372 g/mol. The van der Waals surface area contributed by atoms with Gasteiger partial charge in [-0.1, -0.05) is 37.6 Å². The minimum Gasteiger partial charge on any atom is -0.490 e. The van der Waals surface area contributed by atoms with Crippen LogP contribution >= 0.6 is 0 Å². The maximum absolute atomic E-state index is 11.0. The zero-order valence-electron chi connectivity index (χ0n) is 16.0. The molecule has 2 aromatic rings. The van der Waals surface area contributed by atoms with Crippen LogP contribution in [-0.2, 0) is 22.4 Å². The van der Waals surface area contributed by atoms with E-state index in [0.29, 0.717) is 19.6 Å². The summed E-state index contributed by atoms with van der Waals surface area (Å²) in [5.41, 5.74) is 2.22. The summed E-state index contributed by atoms with van der Waals surface area (Å²) < 4.78 is 16.3. The number of aliphatic carboxylic acids is 1. The van der Waals surface area contributed by atoms with Gasteiger partial charge in [-0.25, -0.2) is 4.79 Å². The predicted octanol–water partition coefficient (Wildman–Crippen LogP) is 4.13. The second kappa shape index (κ2) is 11.2. The van der Waals surface area contributed by atoms with Crippen LogP contribution in [0, 0.1) is 0 Å². The normalized spacial score (nSPS) is 11.8. The van der Waals surface area contributed by atoms with E-state index in [-0.39, 0.29) is 0 Å². The van der Waals surface area contributed by atoms with Crippen molar-refractivity contribution in [3.8, 4) is 11.5 Å². The maximum atomic E-state index is 11.0. The Kier molecular flexibility index (Phi) is 8.65. The lowest BCUT2D eigenvalue weighted by atomic mass is 10.1. The molecule has 0 aliphatic rings. The zero-order valence-corrected chi connectivity index (χ0v) is 16.0. The molecule has 0 unspecified atom stereocenters. The highest BCUT2D eigenvalue weighted by Gasteiger charge is 2.16. The van der Waals surface area contributed by atoms with Gasteiger partial charge in [0.2, 0.25) is 0 Å². The fourth-order valence-corrected chi connectivity index (χ4v) is 2.66. The van der Waals surface area contributed by atoms with Crippen LogP contribution in [0.3, 0.4) is 0 Å². The van der Waals surface area contributed by atoms with Gasteiger partial charge >= 0.3 is 5.97 Å². The molecule has 2 rings (SSSR count). The molecule has 0 bridgehead atoms. The van der Waals surface area contributed by atoms with Gasteiger partial charge in [0.25, 0.3) is 0 Å². The van der Waals surface area contributed by atoms with Crippen molar-refractivity contribution < 1.29 is 24.1 Å². The van der Waals surface area contributed by atoms with Crippen LogP contribution in [0.2, 0.25) is 0 Å². The topological polar surface area (TPSA) is 65.0 Å². The van der Waals surface area contributed by atoms with Gasteiger partial charge in [0, 0.05) is 13.5 Å². The van der Waals surface area contributed by atoms with Crippen LogP contribution in [0.1, 0.15) is 30.9 Å². The van der Waals surface area contributed by atoms with Crippen LogP contribution in [0.15, 0.2) is 48.5 Å². The third kappa shape index (κ3) is 7.31. The molecule has 0 fully saturated rings. The Hall–Kier alpha value is -2.53. The Labute approximate surface area is 160 Å². The van der Waals surface area contributed by atoms with Crippen LogP contribution in [0.25, 0.3) is 0 Å². The molecule has 5 heteroatoms. The van der Waals surface area contributed by atoms with E-state index in [4.69, 9.17) is 19.3 Å². The second-order valence-electron chi connectivity index (χ2n) is 6.36. The van der Waals surface area contributed by atoms with Crippen LogP contribution in [0.4, 0.5) is 0 Å². The summed E-state index contributed by atoms with van der Waals surface area (Å²) in [4.78, 5) is 11.0. The molecule has 0 aliphatic heterocycles. The zero-order chi connectivity index (χ0) is 19.5. The maximum Gasteiger partial charge on any atom is 0.333 e. The number of ether oxygens (including phenoxy) is 3. The molecular formula is C22H28O5. The molecule has 0 aromatic heterocycles. The minimum absolute atomic E-state index is 0.323. The summed E-state index contributed by atoms with van der Waals surface area (Å²) >= 11 is 0. The molecule has 146 valence electrons. The van der Waals surface area contributed by atoms with Gasteiger partial charge in [-0.05, 0) is 48.2 Å². The SMILES string of the molecule is CCCCc1ccc(OCCOc2ccc(C[C@H](OC)C(=O)O)cc2)cc1. The number of unbranched alkanes of at least 4 members (excludes halogenated alkanes) is 1. The number of carboxylic acid groups (broad SMARTS) is 1. The van der Waals surface area contributed by atoms with Crippen LogP contribution in [-0.4, -0.2) is 37.5 Å². The number of carbonyl (C=O) groups is 1. The summed E-state index contributed by atoms with van der Waals surface area (Å²) in [6, 6.07) is 15.5. The van der Waals surface area contributed by atoms with Gasteiger partial charge in [-0.3, -0.25) is 0 Å². The van der Waals surface area contributed by atoms with Crippen LogP contribution < -0.4 is 9.47 Å². The number of rotatable bonds is 12. The van der Waals surface area contributed by atoms with E-state index in [0.717, 1.165) is 23.5 Å². The van der Waals surface area contributed by atoms with E-state index >= 15 is 0 Å². The van der Waals surface area contributed by atoms with Crippen molar-refractivity contribution in [1.82, 2.24) is 0 Å². The Morgan fingerprint density at radius 2 is 1.44 bits per heavy atom. The van der Waals surface area contributed by atoms with Crippen molar-refractivity contribution in [2.75, 3.05) is 20.3 Å². The average Bonchev–Trinajstić information content (AvgIpc) is 2.69. The highest BCUT2D eigenvalue weighted by Crippen LogP contribution is 2.16. The minimum atomic E-state index is -0.964. The number of methoxy groups -OCH3 is 1. The molecular weight excluding hydrogens is 344 g/mol. The molecule has 27 heavy (non-hydrogen) atoms. The van der Waals surface area contributed by atoms with E-state index in [1.54, 1.807) is 0 Å². The Bertz CT molecular complexity index is 679. The standard InChI is InChI=1S/C22H28O5/c1-3-4-5-17-6-10-19(11-7-17)26-14-15-27-20-12-8-18(9-13-20)16-21(25-2)22(23)24/h6-13,21H,3-5,14-16H2,1-2H3,(H,23,24)/t21-/m0/s1. The summed E-state index contributed by atoms with van der Waals surface area (Å²) in [6.07, 6.45) is 2.99. The first kappa shape index (κ1) is 20.8. The summed E-state index contributed by atoms with van der Waals surface area (Å²) in [7, 11) is 1.40. The van der Waals surface area contributed by atoms with Crippen molar-refractivity contribution in [3.05, 3.63) is 59.7 Å². The van der Waals surface area contributed by atoms with E-state index in [1.165, 1.54) is 25.5 Å². The number of hydrogen-bond acceptors (Lipinski definition) is 4. The molecule has 1 N–H and O–H groups in total. The molecule has 1 atom stereocenters. The first-order chi connectivity index (χ1) is 13.1. The van der Waals surface area contributed by atoms with Gasteiger partial charge in [-0.2, -0.15) is 0 Å². The molecule has 2 aromatic carbocycles. The van der Waals surface area contributed by atoms with E-state index in [2.05, 4.69) is 19.1 Å². The van der Waals surface area contributed by atoms with Gasteiger partial charge in [0.15, 0.2) is 6.10 Å². The van der Waals surface area contributed by atoms with Crippen molar-refractivity contribution in [2.24, 2.45) is 0 Å². The van der Waals surface area contributed by atoms with E-state index < -0.39 is 12.1 Å². The highest BCUT2D eigenvalue weighted by molar-refractivity contribution is 5.72. The Morgan fingerprint density at radius 1 is 0.926 bits per heavy atom. The summed E-state index contributed by atoms with van der Waals surface area (Å²) in [5.74, 6) is 0.600. The van der Waals surface area contributed by atoms with Gasteiger partial charge < -0.3 is 19.3 Å². The lowest BCUT2D eigenvalue weighted by molar-refractivity contribution is -0.148. The van der Waals surface area contributed by atoms with E-state index in [1.807, 2.05) is 36.4 Å². The molecule has 0 aliphatic carbocycles. The fraction of sp³-hybridized carbons (Fsp3) is 0.409. The molecule has 0 radical (unpaired) electrons. The third-order valence-electron chi connectivity index (χ3n) is 4.27. The lowest BCUT2D eigenvalue weighted by Crippen LogP contribution is -2.24. The second-order valence-corrected chi connectivity index (χ2v) is 6.36.